The Bertz CT molecular complexity index is 3690. The molecule has 0 amide bonds. The summed E-state index contributed by atoms with van der Waals surface area (Å²) >= 11 is 0. The fraction of sp³-hybridized carbons (Fsp3) is 0.226. The Hall–Kier alpha value is -9.96. The molecule has 21 nitrogen and oxygen atoms in total. The first-order chi connectivity index (χ1) is 40.7. The average Bonchev–Trinajstić information content (AvgIpc) is 4.31. The maximum absolute atomic E-state index is 13.7. The molecule has 0 saturated carbocycles. The first-order valence-electron chi connectivity index (χ1n) is 26.4. The van der Waals surface area contributed by atoms with Crippen LogP contribution in [0.1, 0.15) is 43.2 Å². The van der Waals surface area contributed by atoms with E-state index in [0.29, 0.717) is 131 Å². The summed E-state index contributed by atoms with van der Waals surface area (Å²) in [6, 6.07) is 41.8. The number of hydrogen-bond donors (Lipinski definition) is 0. The Morgan fingerprint density at radius 3 is 1.33 bits per heavy atom. The van der Waals surface area contributed by atoms with Gasteiger partial charge in [-0.15, -0.1) is 10.2 Å². The van der Waals surface area contributed by atoms with Crippen molar-refractivity contribution < 1.29 is 61.1 Å². The lowest BCUT2D eigenvalue weighted by atomic mass is 10.1. The van der Waals surface area contributed by atoms with Gasteiger partial charge in [-0.25, -0.2) is 19.0 Å². The van der Waals surface area contributed by atoms with Crippen LogP contribution in [0, 0.1) is 0 Å². The summed E-state index contributed by atoms with van der Waals surface area (Å²) < 4.78 is 66.9. The van der Waals surface area contributed by atoms with Crippen LogP contribution in [0.4, 0.5) is 0 Å². The monoisotopic (exact) mass is 1120 g/mol. The zero-order chi connectivity index (χ0) is 57.3. The van der Waals surface area contributed by atoms with E-state index in [4.69, 9.17) is 51.5 Å². The normalized spacial score (nSPS) is 11.2. The van der Waals surface area contributed by atoms with Crippen molar-refractivity contribution in [3.05, 3.63) is 212 Å². The number of rotatable bonds is 28. The molecule has 0 spiro atoms. The Labute approximate surface area is 474 Å². The van der Waals surface area contributed by atoms with Crippen LogP contribution in [0.5, 0.6) is 23.0 Å². The molecule has 0 atom stereocenters. The van der Waals surface area contributed by atoms with Crippen molar-refractivity contribution in [3.63, 3.8) is 0 Å². The minimum Gasteiger partial charge on any atom is -0.491 e. The number of para-hydroxylation sites is 2. The molecule has 6 aromatic carbocycles. The molecular weight excluding hydrogens is 1070 g/mol. The van der Waals surface area contributed by atoms with Crippen LogP contribution in [-0.2, 0) is 63.2 Å². The molecule has 0 N–H and O–H groups in total. The maximum atomic E-state index is 13.7. The van der Waals surface area contributed by atoms with Crippen molar-refractivity contribution in [3.8, 4) is 45.6 Å². The highest BCUT2D eigenvalue weighted by Gasteiger charge is 2.21. The molecule has 4 aromatic heterocycles. The Morgan fingerprint density at radius 2 is 0.892 bits per heavy atom. The molecule has 10 aromatic rings. The van der Waals surface area contributed by atoms with Crippen molar-refractivity contribution in [2.24, 2.45) is 0 Å². The van der Waals surface area contributed by atoms with Gasteiger partial charge in [-0.2, -0.15) is 0 Å². The summed E-state index contributed by atoms with van der Waals surface area (Å²) in [6.07, 6.45) is 3.59. The van der Waals surface area contributed by atoms with Crippen molar-refractivity contribution in [2.75, 3.05) is 53.9 Å². The highest BCUT2D eigenvalue weighted by molar-refractivity contribution is 5.90. The molecule has 0 aliphatic carbocycles. The number of fused-ring (bicyclic) bond motifs is 2. The van der Waals surface area contributed by atoms with E-state index >= 15 is 0 Å². The van der Waals surface area contributed by atoms with Crippen LogP contribution in [0.2, 0.25) is 0 Å². The second kappa shape index (κ2) is 27.5. The van der Waals surface area contributed by atoms with Crippen LogP contribution in [0.3, 0.4) is 0 Å². The highest BCUT2D eigenvalue weighted by atomic mass is 16.5. The van der Waals surface area contributed by atoms with E-state index in [1.54, 1.807) is 167 Å². The van der Waals surface area contributed by atoms with Crippen LogP contribution < -0.4 is 29.8 Å². The van der Waals surface area contributed by atoms with Gasteiger partial charge in [0, 0.05) is 11.1 Å². The average molecular weight is 1130 g/mol. The quantitative estimate of drug-likeness (QED) is 0.0328. The van der Waals surface area contributed by atoms with Gasteiger partial charge in [0.1, 0.15) is 60.5 Å². The number of methoxy groups -OCH3 is 2. The number of ether oxygens (including phenoxy) is 9. The van der Waals surface area contributed by atoms with E-state index in [0.717, 1.165) is 0 Å². The van der Waals surface area contributed by atoms with Crippen molar-refractivity contribution >= 4 is 33.9 Å². The fourth-order valence-corrected chi connectivity index (χ4v) is 8.67. The molecule has 0 saturated heterocycles. The molecular formula is C62H56N6O15. The van der Waals surface area contributed by atoms with E-state index in [2.05, 4.69) is 20.6 Å². The standard InChI is InChI=1S/C62H56N6O15/c1-73-61(71)45-11-7-9-41(33-45)37-80-59-55(69)51-13-3-5-15-53(51)82-57(59)43-17-21-49(22-18-43)78-31-29-75-27-25-67-35-47(63-65-67)39-77-40-48-36-68(66-64-48)26-28-76-30-32-79-50-23-19-44(20-24-50)58-60(56(70)52-14-4-6-16-54(52)83-58)81-38-42-10-8-12-46(34-42)62(72)74-2/h3-24,33-36H,25-32,37-40H2,1-2H3. The number of carbonyl (C=O) groups excluding carboxylic acids is 2. The summed E-state index contributed by atoms with van der Waals surface area (Å²) in [5, 5.41) is 17.5. The van der Waals surface area contributed by atoms with E-state index in [-0.39, 0.29) is 60.3 Å². The van der Waals surface area contributed by atoms with Gasteiger partial charge >= 0.3 is 11.9 Å². The number of hydrogen-bond acceptors (Lipinski definition) is 19. The van der Waals surface area contributed by atoms with Crippen molar-refractivity contribution in [1.29, 1.82) is 0 Å². The predicted molar refractivity (Wildman–Crippen MR) is 301 cm³/mol. The minimum atomic E-state index is -0.472. The summed E-state index contributed by atoms with van der Waals surface area (Å²) in [5.41, 5.74) is 4.83. The lowest BCUT2D eigenvalue weighted by Gasteiger charge is -2.13. The topological polar surface area (TPSA) is 239 Å². The van der Waals surface area contributed by atoms with Gasteiger partial charge in [-0.3, -0.25) is 9.59 Å². The number of benzene rings is 6. The van der Waals surface area contributed by atoms with E-state index in [1.165, 1.54) is 14.2 Å². The maximum Gasteiger partial charge on any atom is 0.337 e. The third-order valence-corrected chi connectivity index (χ3v) is 12.8. The van der Waals surface area contributed by atoms with Gasteiger partial charge in [-0.05, 0) is 108 Å². The third kappa shape index (κ3) is 14.5. The highest BCUT2D eigenvalue weighted by Crippen LogP contribution is 2.34. The number of carbonyl (C=O) groups is 2. The van der Waals surface area contributed by atoms with Gasteiger partial charge in [0.25, 0.3) is 0 Å². The first kappa shape index (κ1) is 56.3. The summed E-state index contributed by atoms with van der Waals surface area (Å²) in [6.45, 7) is 3.45. The van der Waals surface area contributed by atoms with E-state index in [1.807, 2.05) is 0 Å². The molecule has 21 heteroatoms. The van der Waals surface area contributed by atoms with Crippen LogP contribution >= 0.6 is 0 Å². The zero-order valence-electron chi connectivity index (χ0n) is 45.3. The molecule has 4 heterocycles. The molecule has 10 rings (SSSR count). The molecule has 424 valence electrons. The molecule has 0 unspecified atom stereocenters. The van der Waals surface area contributed by atoms with Crippen molar-refractivity contribution in [1.82, 2.24) is 30.0 Å². The second-order valence-corrected chi connectivity index (χ2v) is 18.5. The summed E-state index contributed by atoms with van der Waals surface area (Å²) in [7, 11) is 2.63. The summed E-state index contributed by atoms with van der Waals surface area (Å²) in [4.78, 5) is 51.5. The summed E-state index contributed by atoms with van der Waals surface area (Å²) in [5.74, 6) is 0.884. The Kier molecular flexibility index (Phi) is 18.6. The number of esters is 2. The van der Waals surface area contributed by atoms with Gasteiger partial charge in [0.2, 0.25) is 22.4 Å². The van der Waals surface area contributed by atoms with Crippen LogP contribution in [0.25, 0.3) is 44.6 Å². The molecule has 83 heavy (non-hydrogen) atoms. The largest absolute Gasteiger partial charge is 0.491 e. The molecule has 0 aliphatic heterocycles. The zero-order valence-corrected chi connectivity index (χ0v) is 45.3. The van der Waals surface area contributed by atoms with E-state index < -0.39 is 11.9 Å². The second-order valence-electron chi connectivity index (χ2n) is 18.5. The first-order valence-corrected chi connectivity index (χ1v) is 26.4. The molecule has 0 bridgehead atoms. The number of aromatic nitrogens is 6. The Balaban J connectivity index is 0.606. The third-order valence-electron chi connectivity index (χ3n) is 12.8. The van der Waals surface area contributed by atoms with Crippen LogP contribution in [-0.4, -0.2) is 95.8 Å². The van der Waals surface area contributed by atoms with Gasteiger partial charge < -0.3 is 51.5 Å². The molecule has 0 radical (unpaired) electrons. The van der Waals surface area contributed by atoms with Gasteiger partial charge in [0.15, 0.2) is 11.5 Å². The van der Waals surface area contributed by atoms with E-state index in [9.17, 15) is 19.2 Å². The van der Waals surface area contributed by atoms with Gasteiger partial charge in [-0.1, -0.05) is 59.0 Å². The van der Waals surface area contributed by atoms with Crippen molar-refractivity contribution in [2.45, 2.75) is 39.5 Å². The smallest absolute Gasteiger partial charge is 0.337 e. The molecule has 0 aliphatic rings. The number of nitrogens with zero attached hydrogens (tertiary/aromatic N) is 6. The van der Waals surface area contributed by atoms with Gasteiger partial charge in [0.05, 0.1) is 101 Å². The SMILES string of the molecule is COC(=O)c1cccc(COc2c(-c3ccc(OCCOCCn4cc(COCc5cn(CCOCCOc6ccc(-c7oc8ccccc8c(=O)c7OCc7cccc(C(=O)OC)c7)cc6)nn5)nn4)cc3)oc3ccccc3c2=O)c1. The lowest BCUT2D eigenvalue weighted by molar-refractivity contribution is 0.0591. The lowest BCUT2D eigenvalue weighted by Crippen LogP contribution is -2.12. The molecule has 0 fully saturated rings. The predicted octanol–water partition coefficient (Wildman–Crippen LogP) is 9.06. The fourth-order valence-electron chi connectivity index (χ4n) is 8.67. The minimum absolute atomic E-state index is 0.0189. The van der Waals surface area contributed by atoms with Crippen LogP contribution in [0.15, 0.2) is 176 Å². The Morgan fingerprint density at radius 1 is 0.458 bits per heavy atom.